The lowest BCUT2D eigenvalue weighted by molar-refractivity contribution is -0.123. The second-order valence-corrected chi connectivity index (χ2v) is 8.97. The Morgan fingerprint density at radius 2 is 1.96 bits per heavy atom. The predicted molar refractivity (Wildman–Crippen MR) is 90.5 cm³/mol. The monoisotopic (exact) mass is 312 g/mol. The summed E-state index contributed by atoms with van der Waals surface area (Å²) in [5.74, 6) is 4.96. The summed E-state index contributed by atoms with van der Waals surface area (Å²) in [6.45, 7) is 4.62. The Kier molecular flexibility index (Phi) is 3.18. The molecule has 3 fully saturated rings. The second-order valence-electron chi connectivity index (χ2n) is 8.97. The number of Topliss-reactive ketones (excluding diaryl/α,β-unsaturated/α-hetero) is 1. The van der Waals surface area contributed by atoms with Crippen LogP contribution in [-0.4, -0.2) is 16.5 Å². The Bertz CT molecular complexity index is 626. The van der Waals surface area contributed by atoms with Gasteiger partial charge in [-0.25, -0.2) is 0 Å². The van der Waals surface area contributed by atoms with E-state index in [2.05, 4.69) is 25.8 Å². The first-order chi connectivity index (χ1) is 10.8. The molecule has 0 spiro atoms. The van der Waals surface area contributed by atoms with Gasteiger partial charge in [-0.3, -0.25) is 4.79 Å². The van der Waals surface area contributed by atoms with Crippen molar-refractivity contribution in [3.05, 3.63) is 11.6 Å². The molecule has 0 heterocycles. The summed E-state index contributed by atoms with van der Waals surface area (Å²) < 4.78 is 0. The van der Waals surface area contributed by atoms with E-state index in [1.807, 2.05) is 0 Å². The van der Waals surface area contributed by atoms with Crippen LogP contribution >= 0.6 is 0 Å². The van der Waals surface area contributed by atoms with Crippen LogP contribution in [-0.2, 0) is 4.79 Å². The molecule has 1 N–H and O–H groups in total. The van der Waals surface area contributed by atoms with Gasteiger partial charge in [-0.2, -0.15) is 0 Å². The molecule has 4 rings (SSSR count). The number of aliphatic hydroxyl groups is 1. The Balaban J connectivity index is 1.71. The van der Waals surface area contributed by atoms with Crippen LogP contribution in [0, 0.1) is 40.9 Å². The molecule has 0 aromatic heterocycles. The van der Waals surface area contributed by atoms with E-state index >= 15 is 0 Å². The van der Waals surface area contributed by atoms with Gasteiger partial charge < -0.3 is 5.11 Å². The van der Waals surface area contributed by atoms with Crippen LogP contribution in [0.5, 0.6) is 0 Å². The van der Waals surface area contributed by atoms with Crippen molar-refractivity contribution in [2.45, 2.75) is 70.8 Å². The van der Waals surface area contributed by atoms with E-state index in [0.717, 1.165) is 44.9 Å². The summed E-state index contributed by atoms with van der Waals surface area (Å²) in [6.07, 6.45) is 15.6. The summed E-state index contributed by atoms with van der Waals surface area (Å²) in [6, 6.07) is 0. The van der Waals surface area contributed by atoms with E-state index in [1.54, 1.807) is 0 Å². The van der Waals surface area contributed by atoms with Crippen molar-refractivity contribution in [1.29, 1.82) is 0 Å². The molecule has 124 valence electrons. The first-order valence-electron chi connectivity index (χ1n) is 9.25. The average molecular weight is 312 g/mol. The van der Waals surface area contributed by atoms with Gasteiger partial charge in [0, 0.05) is 18.3 Å². The minimum absolute atomic E-state index is 0.130. The summed E-state index contributed by atoms with van der Waals surface area (Å²) in [5, 5.41) is 11.0. The first kappa shape index (κ1) is 15.5. The zero-order chi connectivity index (χ0) is 16.5. The predicted octanol–water partition coefficient (Wildman–Crippen LogP) is 3.88. The van der Waals surface area contributed by atoms with Crippen LogP contribution in [0.4, 0.5) is 0 Å². The van der Waals surface area contributed by atoms with Gasteiger partial charge in [-0.15, -0.1) is 6.42 Å². The van der Waals surface area contributed by atoms with Crippen molar-refractivity contribution in [3.8, 4) is 12.3 Å². The van der Waals surface area contributed by atoms with E-state index in [0.29, 0.717) is 30.0 Å². The quantitative estimate of drug-likeness (QED) is 0.544. The smallest absolute Gasteiger partial charge is 0.136 e. The number of carbonyl (C=O) groups excluding carboxylic acids is 1. The molecule has 0 amide bonds. The number of terminal acetylenes is 1. The van der Waals surface area contributed by atoms with Crippen LogP contribution < -0.4 is 0 Å². The highest BCUT2D eigenvalue weighted by molar-refractivity contribution is 5.82. The maximum absolute atomic E-state index is 11.9. The van der Waals surface area contributed by atoms with Gasteiger partial charge >= 0.3 is 0 Å². The fraction of sp³-hybridized carbons (Fsp3) is 0.762. The third-order valence-electron chi connectivity index (χ3n) is 8.33. The molecule has 4 aliphatic rings. The van der Waals surface area contributed by atoms with Crippen molar-refractivity contribution in [2.75, 3.05) is 0 Å². The summed E-state index contributed by atoms with van der Waals surface area (Å²) in [7, 11) is 0. The zero-order valence-electron chi connectivity index (χ0n) is 14.4. The Hall–Kier alpha value is -1.07. The fourth-order valence-corrected chi connectivity index (χ4v) is 6.73. The normalized spacial score (nSPS) is 52.0. The van der Waals surface area contributed by atoms with Crippen molar-refractivity contribution >= 4 is 5.78 Å². The van der Waals surface area contributed by atoms with E-state index in [9.17, 15) is 9.90 Å². The molecule has 0 saturated heterocycles. The number of fused-ring (bicyclic) bond motifs is 5. The second kappa shape index (κ2) is 4.73. The number of hydrogen-bond donors (Lipinski definition) is 1. The molecule has 0 aliphatic heterocycles. The highest BCUT2D eigenvalue weighted by Crippen LogP contribution is 2.66. The van der Waals surface area contributed by atoms with E-state index in [-0.39, 0.29) is 10.8 Å². The Labute approximate surface area is 139 Å². The molecule has 2 heteroatoms. The maximum atomic E-state index is 11.9. The average Bonchev–Trinajstić information content (AvgIpc) is 2.80. The molecule has 23 heavy (non-hydrogen) atoms. The topological polar surface area (TPSA) is 37.3 Å². The molecule has 0 aromatic rings. The lowest BCUT2D eigenvalue weighted by Gasteiger charge is -2.57. The van der Waals surface area contributed by atoms with Crippen molar-refractivity contribution < 1.29 is 9.90 Å². The van der Waals surface area contributed by atoms with Crippen molar-refractivity contribution in [2.24, 2.45) is 28.6 Å². The fourth-order valence-electron chi connectivity index (χ4n) is 6.73. The minimum atomic E-state index is -0.921. The van der Waals surface area contributed by atoms with E-state index in [4.69, 9.17) is 6.42 Å². The van der Waals surface area contributed by atoms with Crippen LogP contribution in [0.1, 0.15) is 65.2 Å². The molecule has 0 unspecified atom stereocenters. The highest BCUT2D eigenvalue weighted by atomic mass is 16.3. The molecule has 6 atom stereocenters. The number of allylic oxidation sites excluding steroid dienone is 2. The van der Waals surface area contributed by atoms with Gasteiger partial charge in [-0.1, -0.05) is 31.4 Å². The molecule has 2 nitrogen and oxygen atoms in total. The van der Waals surface area contributed by atoms with Crippen LogP contribution in [0.25, 0.3) is 0 Å². The Morgan fingerprint density at radius 1 is 1.22 bits per heavy atom. The lowest BCUT2D eigenvalue weighted by Crippen LogP contribution is -2.54. The molecule has 0 bridgehead atoms. The SMILES string of the molecule is C#C[C@@]1(O)CC[C@H]2[C@@H]3CC=C4CC(=O)CC[C@]4(C)[C@H]3CC[C@@]21C. The first-order valence-corrected chi connectivity index (χ1v) is 9.25. The van der Waals surface area contributed by atoms with Gasteiger partial charge in [0.15, 0.2) is 0 Å². The number of ketones is 1. The summed E-state index contributed by atoms with van der Waals surface area (Å²) in [4.78, 5) is 11.9. The molecular weight excluding hydrogens is 284 g/mol. The van der Waals surface area contributed by atoms with Gasteiger partial charge in [0.05, 0.1) is 0 Å². The van der Waals surface area contributed by atoms with E-state index in [1.165, 1.54) is 5.57 Å². The molecule has 0 radical (unpaired) electrons. The van der Waals surface area contributed by atoms with Crippen molar-refractivity contribution in [1.82, 2.24) is 0 Å². The standard InChI is InChI=1S/C21H28O2/c1-4-21(23)12-9-18-16-6-5-14-13-15(22)7-10-19(14,2)17(16)8-11-20(18,21)3/h1,5,16-18,23H,6-13H2,2-3H3/t16-,17+,18+,19+,20+,21-/m1/s1. The number of rotatable bonds is 0. The van der Waals surface area contributed by atoms with Gasteiger partial charge in [-0.05, 0) is 61.7 Å². The minimum Gasteiger partial charge on any atom is -0.377 e. The third kappa shape index (κ3) is 1.84. The lowest BCUT2D eigenvalue weighted by atomic mass is 9.47. The number of hydrogen-bond acceptors (Lipinski definition) is 2. The summed E-state index contributed by atoms with van der Waals surface area (Å²) >= 11 is 0. The van der Waals surface area contributed by atoms with Gasteiger partial charge in [0.25, 0.3) is 0 Å². The molecule has 3 saturated carbocycles. The third-order valence-corrected chi connectivity index (χ3v) is 8.33. The summed E-state index contributed by atoms with van der Waals surface area (Å²) in [5.41, 5.74) is 0.559. The number of carbonyl (C=O) groups is 1. The van der Waals surface area contributed by atoms with Crippen LogP contribution in [0.3, 0.4) is 0 Å². The zero-order valence-corrected chi connectivity index (χ0v) is 14.4. The largest absolute Gasteiger partial charge is 0.377 e. The molecular formula is C21H28O2. The molecule has 4 aliphatic carbocycles. The Morgan fingerprint density at radius 3 is 2.70 bits per heavy atom. The van der Waals surface area contributed by atoms with Gasteiger partial charge in [0.2, 0.25) is 0 Å². The highest BCUT2D eigenvalue weighted by Gasteiger charge is 2.63. The van der Waals surface area contributed by atoms with Crippen LogP contribution in [0.15, 0.2) is 11.6 Å². The van der Waals surface area contributed by atoms with Crippen LogP contribution in [0.2, 0.25) is 0 Å². The van der Waals surface area contributed by atoms with E-state index < -0.39 is 5.60 Å². The van der Waals surface area contributed by atoms with Crippen molar-refractivity contribution in [3.63, 3.8) is 0 Å². The maximum Gasteiger partial charge on any atom is 0.136 e. The molecule has 0 aromatic carbocycles. The van der Waals surface area contributed by atoms with Gasteiger partial charge in [0.1, 0.15) is 11.4 Å².